The molecule has 0 spiro atoms. The SMILES string of the molecule is CCCCCCCCc1cccc(-c2ccccc2O)c1CCCCCCCC. The van der Waals surface area contributed by atoms with Crippen LogP contribution in [-0.4, -0.2) is 5.11 Å². The second-order valence-corrected chi connectivity index (χ2v) is 8.50. The number of para-hydroxylation sites is 1. The molecule has 160 valence electrons. The Labute approximate surface area is 179 Å². The molecular formula is C28H42O. The Morgan fingerprint density at radius 3 is 1.76 bits per heavy atom. The molecule has 0 bridgehead atoms. The van der Waals surface area contributed by atoms with Gasteiger partial charge < -0.3 is 5.11 Å². The number of benzene rings is 2. The highest BCUT2D eigenvalue weighted by atomic mass is 16.3. The molecule has 0 aliphatic rings. The highest BCUT2D eigenvalue weighted by molar-refractivity contribution is 5.74. The number of phenolic OH excluding ortho intramolecular Hbond substituents is 1. The number of hydrogen-bond donors (Lipinski definition) is 1. The predicted molar refractivity (Wildman–Crippen MR) is 128 cm³/mol. The van der Waals surface area contributed by atoms with Crippen molar-refractivity contribution in [3.8, 4) is 16.9 Å². The van der Waals surface area contributed by atoms with Crippen LogP contribution >= 0.6 is 0 Å². The Kier molecular flexibility index (Phi) is 11.6. The molecule has 1 heteroatoms. The fourth-order valence-electron chi connectivity index (χ4n) is 4.30. The number of unbranched alkanes of at least 4 members (excludes halogenated alkanes) is 10. The van der Waals surface area contributed by atoms with Crippen molar-refractivity contribution in [1.29, 1.82) is 0 Å². The van der Waals surface area contributed by atoms with E-state index in [0.29, 0.717) is 5.75 Å². The number of rotatable bonds is 15. The summed E-state index contributed by atoms with van der Waals surface area (Å²) < 4.78 is 0. The van der Waals surface area contributed by atoms with Gasteiger partial charge in [-0.2, -0.15) is 0 Å². The van der Waals surface area contributed by atoms with Gasteiger partial charge in [0.05, 0.1) is 0 Å². The van der Waals surface area contributed by atoms with E-state index < -0.39 is 0 Å². The molecule has 0 heterocycles. The summed E-state index contributed by atoms with van der Waals surface area (Å²) in [5.41, 5.74) is 5.19. The minimum atomic E-state index is 0.397. The van der Waals surface area contributed by atoms with E-state index in [4.69, 9.17) is 0 Å². The van der Waals surface area contributed by atoms with E-state index in [0.717, 1.165) is 12.0 Å². The molecule has 0 fully saturated rings. The van der Waals surface area contributed by atoms with Gasteiger partial charge in [-0.05, 0) is 48.4 Å². The lowest BCUT2D eigenvalue weighted by Crippen LogP contribution is -1.99. The van der Waals surface area contributed by atoms with Crippen LogP contribution in [0, 0.1) is 0 Å². The summed E-state index contributed by atoms with van der Waals surface area (Å²) in [6, 6.07) is 14.5. The quantitative estimate of drug-likeness (QED) is 0.299. The lowest BCUT2D eigenvalue weighted by molar-refractivity contribution is 0.477. The fourth-order valence-corrected chi connectivity index (χ4v) is 4.30. The Morgan fingerprint density at radius 2 is 1.10 bits per heavy atom. The van der Waals surface area contributed by atoms with Gasteiger partial charge in [0, 0.05) is 5.56 Å². The molecular weight excluding hydrogens is 352 g/mol. The van der Waals surface area contributed by atoms with Gasteiger partial charge in [0.1, 0.15) is 5.75 Å². The first-order chi connectivity index (χ1) is 14.3. The summed E-state index contributed by atoms with van der Waals surface area (Å²) in [4.78, 5) is 0. The molecule has 2 rings (SSSR count). The monoisotopic (exact) mass is 394 g/mol. The molecule has 0 unspecified atom stereocenters. The van der Waals surface area contributed by atoms with E-state index >= 15 is 0 Å². The van der Waals surface area contributed by atoms with Crippen molar-refractivity contribution in [2.75, 3.05) is 0 Å². The zero-order valence-electron chi connectivity index (χ0n) is 18.9. The van der Waals surface area contributed by atoms with E-state index in [1.54, 1.807) is 0 Å². The van der Waals surface area contributed by atoms with Crippen molar-refractivity contribution in [1.82, 2.24) is 0 Å². The summed E-state index contributed by atoms with van der Waals surface area (Å²) in [7, 11) is 0. The van der Waals surface area contributed by atoms with Gasteiger partial charge in [-0.25, -0.2) is 0 Å². The zero-order valence-corrected chi connectivity index (χ0v) is 18.9. The molecule has 0 saturated carbocycles. The van der Waals surface area contributed by atoms with Gasteiger partial charge in [-0.3, -0.25) is 0 Å². The van der Waals surface area contributed by atoms with Crippen molar-refractivity contribution in [2.24, 2.45) is 0 Å². The molecule has 0 aliphatic heterocycles. The average molecular weight is 395 g/mol. The average Bonchev–Trinajstić information content (AvgIpc) is 2.74. The van der Waals surface area contributed by atoms with E-state index in [1.165, 1.54) is 100 Å². The van der Waals surface area contributed by atoms with Crippen LogP contribution in [0.3, 0.4) is 0 Å². The molecule has 0 atom stereocenters. The molecule has 29 heavy (non-hydrogen) atoms. The highest BCUT2D eigenvalue weighted by Gasteiger charge is 2.12. The maximum atomic E-state index is 10.4. The molecule has 0 aromatic heterocycles. The summed E-state index contributed by atoms with van der Waals surface area (Å²) in [6.45, 7) is 4.55. The van der Waals surface area contributed by atoms with Crippen LogP contribution in [-0.2, 0) is 12.8 Å². The van der Waals surface area contributed by atoms with E-state index in [1.807, 2.05) is 18.2 Å². The maximum Gasteiger partial charge on any atom is 0.123 e. The second-order valence-electron chi connectivity index (χ2n) is 8.50. The molecule has 0 aliphatic carbocycles. The van der Waals surface area contributed by atoms with Crippen LogP contribution in [0.25, 0.3) is 11.1 Å². The Morgan fingerprint density at radius 1 is 0.552 bits per heavy atom. The standard InChI is InChI=1S/C28H42O/c1-3-5-7-9-11-13-18-24-19-17-22-26(27-21-15-16-23-28(27)29)25(24)20-14-12-10-8-6-4-2/h15-17,19,21-23,29H,3-14,18,20H2,1-2H3. The second kappa shape index (κ2) is 14.3. The van der Waals surface area contributed by atoms with Gasteiger partial charge in [-0.15, -0.1) is 0 Å². The van der Waals surface area contributed by atoms with Crippen molar-refractivity contribution in [3.05, 3.63) is 53.6 Å². The van der Waals surface area contributed by atoms with Crippen molar-refractivity contribution in [3.63, 3.8) is 0 Å². The van der Waals surface area contributed by atoms with Crippen LogP contribution < -0.4 is 0 Å². The Balaban J connectivity index is 2.08. The molecule has 1 N–H and O–H groups in total. The normalized spacial score (nSPS) is 11.1. The van der Waals surface area contributed by atoms with Gasteiger partial charge in [0.25, 0.3) is 0 Å². The Hall–Kier alpha value is -1.76. The third-order valence-corrected chi connectivity index (χ3v) is 6.05. The first kappa shape index (κ1) is 23.5. The first-order valence-electron chi connectivity index (χ1n) is 12.2. The van der Waals surface area contributed by atoms with Crippen molar-refractivity contribution in [2.45, 2.75) is 104 Å². The summed E-state index contributed by atoms with van der Waals surface area (Å²) >= 11 is 0. The summed E-state index contributed by atoms with van der Waals surface area (Å²) in [6.07, 6.45) is 18.2. The van der Waals surface area contributed by atoms with E-state index in [-0.39, 0.29) is 0 Å². The molecule has 0 amide bonds. The molecule has 0 radical (unpaired) electrons. The smallest absolute Gasteiger partial charge is 0.123 e. The van der Waals surface area contributed by atoms with Crippen LogP contribution in [0.15, 0.2) is 42.5 Å². The van der Waals surface area contributed by atoms with Gasteiger partial charge in [0.15, 0.2) is 0 Å². The van der Waals surface area contributed by atoms with Crippen molar-refractivity contribution >= 4 is 0 Å². The van der Waals surface area contributed by atoms with Crippen LogP contribution in [0.1, 0.15) is 102 Å². The molecule has 2 aromatic carbocycles. The first-order valence-corrected chi connectivity index (χ1v) is 12.2. The topological polar surface area (TPSA) is 20.2 Å². The van der Waals surface area contributed by atoms with Gasteiger partial charge in [0.2, 0.25) is 0 Å². The lowest BCUT2D eigenvalue weighted by atomic mass is 9.89. The summed E-state index contributed by atoms with van der Waals surface area (Å²) in [5.74, 6) is 0.397. The zero-order chi connectivity index (χ0) is 20.7. The predicted octanol–water partition coefficient (Wildman–Crippen LogP) is 8.87. The number of aromatic hydroxyl groups is 1. The van der Waals surface area contributed by atoms with E-state index in [2.05, 4.69) is 38.1 Å². The fraction of sp³-hybridized carbons (Fsp3) is 0.571. The van der Waals surface area contributed by atoms with E-state index in [9.17, 15) is 5.11 Å². The van der Waals surface area contributed by atoms with Gasteiger partial charge in [-0.1, -0.05) is 114 Å². The van der Waals surface area contributed by atoms with Crippen LogP contribution in [0.5, 0.6) is 5.75 Å². The third-order valence-electron chi connectivity index (χ3n) is 6.05. The Bertz CT molecular complexity index is 688. The largest absolute Gasteiger partial charge is 0.507 e. The maximum absolute atomic E-state index is 10.4. The van der Waals surface area contributed by atoms with Crippen LogP contribution in [0.4, 0.5) is 0 Å². The van der Waals surface area contributed by atoms with Gasteiger partial charge >= 0.3 is 0 Å². The number of aryl methyl sites for hydroxylation is 1. The third kappa shape index (κ3) is 8.25. The molecule has 1 nitrogen and oxygen atoms in total. The minimum Gasteiger partial charge on any atom is -0.507 e. The lowest BCUT2D eigenvalue weighted by Gasteiger charge is -2.16. The number of phenols is 1. The highest BCUT2D eigenvalue weighted by Crippen LogP contribution is 2.34. The number of hydrogen-bond acceptors (Lipinski definition) is 1. The van der Waals surface area contributed by atoms with Crippen molar-refractivity contribution < 1.29 is 5.11 Å². The van der Waals surface area contributed by atoms with Crippen LogP contribution in [0.2, 0.25) is 0 Å². The summed E-state index contributed by atoms with van der Waals surface area (Å²) in [5, 5.41) is 10.4. The molecule has 0 saturated heterocycles. The molecule has 2 aromatic rings. The minimum absolute atomic E-state index is 0.397.